The summed E-state index contributed by atoms with van der Waals surface area (Å²) >= 11 is 0. The summed E-state index contributed by atoms with van der Waals surface area (Å²) in [5, 5.41) is 20.5. The van der Waals surface area contributed by atoms with Gasteiger partial charge < -0.3 is 10.4 Å². The minimum Gasteiger partial charge on any atom is -0.507 e. The standard InChI is InChI=1S/C12H13N3O/c16-11-4-2-1-3-8(11)12-9-7-13-6-5-10(9)14-15-12/h1-4,13,16H,5-7H2,(H,14,15). The third-order valence-corrected chi connectivity index (χ3v) is 2.97. The monoisotopic (exact) mass is 215 g/mol. The first-order valence-corrected chi connectivity index (χ1v) is 5.41. The van der Waals surface area contributed by atoms with Gasteiger partial charge in [-0.3, -0.25) is 5.10 Å². The fourth-order valence-corrected chi connectivity index (χ4v) is 2.12. The van der Waals surface area contributed by atoms with Crippen molar-refractivity contribution in [3.63, 3.8) is 0 Å². The van der Waals surface area contributed by atoms with Gasteiger partial charge in [0.25, 0.3) is 0 Å². The van der Waals surface area contributed by atoms with Gasteiger partial charge in [-0.15, -0.1) is 0 Å². The molecule has 0 amide bonds. The molecule has 3 N–H and O–H groups in total. The van der Waals surface area contributed by atoms with E-state index in [0.29, 0.717) is 0 Å². The van der Waals surface area contributed by atoms with Crippen LogP contribution < -0.4 is 5.32 Å². The molecule has 0 saturated heterocycles. The Balaban J connectivity index is 2.13. The predicted octanol–water partition coefficient (Wildman–Crippen LogP) is 1.43. The molecule has 0 aliphatic carbocycles. The van der Waals surface area contributed by atoms with E-state index in [0.717, 1.165) is 30.8 Å². The Morgan fingerprint density at radius 1 is 1.25 bits per heavy atom. The number of H-pyrrole nitrogens is 1. The zero-order chi connectivity index (χ0) is 11.0. The van der Waals surface area contributed by atoms with Crippen molar-refractivity contribution in [2.75, 3.05) is 6.54 Å². The molecular formula is C12H13N3O. The number of phenolic OH excluding ortho intramolecular Hbond substituents is 1. The molecule has 0 saturated carbocycles. The second kappa shape index (κ2) is 3.64. The molecule has 1 aromatic carbocycles. The number of para-hydroxylation sites is 1. The van der Waals surface area contributed by atoms with Crippen molar-refractivity contribution in [2.45, 2.75) is 13.0 Å². The lowest BCUT2D eigenvalue weighted by atomic mass is 10.0. The van der Waals surface area contributed by atoms with Crippen LogP contribution in [0.1, 0.15) is 11.3 Å². The molecule has 2 heterocycles. The number of nitrogens with zero attached hydrogens (tertiary/aromatic N) is 1. The largest absolute Gasteiger partial charge is 0.507 e. The minimum atomic E-state index is 0.280. The smallest absolute Gasteiger partial charge is 0.125 e. The van der Waals surface area contributed by atoms with Crippen LogP contribution in [0.4, 0.5) is 0 Å². The number of fused-ring (bicyclic) bond motifs is 1. The van der Waals surface area contributed by atoms with Crippen LogP contribution in [0.15, 0.2) is 24.3 Å². The maximum absolute atomic E-state index is 9.81. The van der Waals surface area contributed by atoms with Gasteiger partial charge in [0.2, 0.25) is 0 Å². The SMILES string of the molecule is Oc1ccccc1-c1n[nH]c2c1CNCC2. The Morgan fingerprint density at radius 2 is 2.12 bits per heavy atom. The van der Waals surface area contributed by atoms with E-state index in [9.17, 15) is 5.11 Å². The Morgan fingerprint density at radius 3 is 3.00 bits per heavy atom. The van der Waals surface area contributed by atoms with Gasteiger partial charge in [-0.2, -0.15) is 5.10 Å². The highest BCUT2D eigenvalue weighted by Gasteiger charge is 2.18. The molecule has 0 unspecified atom stereocenters. The number of aromatic hydroxyl groups is 1. The van der Waals surface area contributed by atoms with Crippen LogP contribution in [-0.4, -0.2) is 21.8 Å². The summed E-state index contributed by atoms with van der Waals surface area (Å²) in [6.45, 7) is 1.80. The van der Waals surface area contributed by atoms with Gasteiger partial charge in [0.1, 0.15) is 11.4 Å². The van der Waals surface area contributed by atoms with Gasteiger partial charge in [-0.05, 0) is 12.1 Å². The van der Waals surface area contributed by atoms with E-state index in [-0.39, 0.29) is 5.75 Å². The molecule has 2 aromatic rings. The van der Waals surface area contributed by atoms with Gasteiger partial charge in [-0.25, -0.2) is 0 Å². The highest BCUT2D eigenvalue weighted by atomic mass is 16.3. The molecule has 82 valence electrons. The Labute approximate surface area is 93.3 Å². The van der Waals surface area contributed by atoms with Crippen molar-refractivity contribution in [1.82, 2.24) is 15.5 Å². The second-order valence-electron chi connectivity index (χ2n) is 3.97. The van der Waals surface area contributed by atoms with Crippen molar-refractivity contribution >= 4 is 0 Å². The zero-order valence-electron chi connectivity index (χ0n) is 8.83. The molecule has 0 spiro atoms. The van der Waals surface area contributed by atoms with E-state index >= 15 is 0 Å². The van der Waals surface area contributed by atoms with E-state index in [1.807, 2.05) is 18.2 Å². The first-order valence-electron chi connectivity index (χ1n) is 5.41. The molecule has 1 aliphatic heterocycles. The molecule has 1 aromatic heterocycles. The summed E-state index contributed by atoms with van der Waals surface area (Å²) < 4.78 is 0. The molecule has 0 atom stereocenters. The van der Waals surface area contributed by atoms with E-state index in [1.54, 1.807) is 6.07 Å². The number of aromatic nitrogens is 2. The van der Waals surface area contributed by atoms with Crippen LogP contribution in [-0.2, 0) is 13.0 Å². The predicted molar refractivity (Wildman–Crippen MR) is 61.1 cm³/mol. The average molecular weight is 215 g/mol. The average Bonchev–Trinajstić information content (AvgIpc) is 2.74. The summed E-state index contributed by atoms with van der Waals surface area (Å²) in [7, 11) is 0. The third kappa shape index (κ3) is 1.39. The maximum Gasteiger partial charge on any atom is 0.125 e. The quantitative estimate of drug-likeness (QED) is 0.674. The number of hydrogen-bond donors (Lipinski definition) is 3. The molecular weight excluding hydrogens is 202 g/mol. The lowest BCUT2D eigenvalue weighted by Crippen LogP contribution is -2.23. The van der Waals surface area contributed by atoms with Crippen LogP contribution in [0.5, 0.6) is 5.75 Å². The molecule has 0 bridgehead atoms. The summed E-state index contributed by atoms with van der Waals surface area (Å²) in [4.78, 5) is 0. The summed E-state index contributed by atoms with van der Waals surface area (Å²) in [6, 6.07) is 7.30. The molecule has 16 heavy (non-hydrogen) atoms. The lowest BCUT2D eigenvalue weighted by Gasteiger charge is -2.13. The molecule has 4 heteroatoms. The van der Waals surface area contributed by atoms with Crippen molar-refractivity contribution in [1.29, 1.82) is 0 Å². The summed E-state index contributed by atoms with van der Waals surface area (Å²) in [5.74, 6) is 0.280. The Bertz CT molecular complexity index is 519. The first-order chi connectivity index (χ1) is 7.86. The zero-order valence-corrected chi connectivity index (χ0v) is 8.83. The van der Waals surface area contributed by atoms with Crippen LogP contribution in [0.25, 0.3) is 11.3 Å². The van der Waals surface area contributed by atoms with Crippen molar-refractivity contribution in [3.05, 3.63) is 35.5 Å². The van der Waals surface area contributed by atoms with Gasteiger partial charge >= 0.3 is 0 Å². The molecule has 1 aliphatic rings. The van der Waals surface area contributed by atoms with E-state index in [4.69, 9.17) is 0 Å². The van der Waals surface area contributed by atoms with Crippen LogP contribution in [0, 0.1) is 0 Å². The highest BCUT2D eigenvalue weighted by molar-refractivity contribution is 5.70. The number of aromatic amines is 1. The van der Waals surface area contributed by atoms with Crippen LogP contribution in [0.2, 0.25) is 0 Å². The van der Waals surface area contributed by atoms with Gasteiger partial charge in [-0.1, -0.05) is 12.1 Å². The van der Waals surface area contributed by atoms with Crippen molar-refractivity contribution in [3.8, 4) is 17.0 Å². The Hall–Kier alpha value is -1.81. The highest BCUT2D eigenvalue weighted by Crippen LogP contribution is 2.31. The fourth-order valence-electron chi connectivity index (χ4n) is 2.12. The van der Waals surface area contributed by atoms with Gasteiger partial charge in [0.15, 0.2) is 0 Å². The first kappa shape index (κ1) is 9.42. The molecule has 0 radical (unpaired) electrons. The lowest BCUT2D eigenvalue weighted by molar-refractivity contribution is 0.477. The molecule has 0 fully saturated rings. The van der Waals surface area contributed by atoms with Crippen LogP contribution in [0.3, 0.4) is 0 Å². The number of benzene rings is 1. The normalized spacial score (nSPS) is 14.8. The second-order valence-corrected chi connectivity index (χ2v) is 3.97. The topological polar surface area (TPSA) is 60.9 Å². The fraction of sp³-hybridized carbons (Fsp3) is 0.250. The van der Waals surface area contributed by atoms with E-state index in [2.05, 4.69) is 15.5 Å². The number of hydrogen-bond acceptors (Lipinski definition) is 3. The van der Waals surface area contributed by atoms with Crippen molar-refractivity contribution in [2.24, 2.45) is 0 Å². The van der Waals surface area contributed by atoms with Crippen LogP contribution >= 0.6 is 0 Å². The summed E-state index contributed by atoms with van der Waals surface area (Å²) in [6.07, 6.45) is 0.968. The van der Waals surface area contributed by atoms with Gasteiger partial charge in [0.05, 0.1) is 0 Å². The number of phenols is 1. The Kier molecular flexibility index (Phi) is 2.15. The molecule has 3 rings (SSSR count). The minimum absolute atomic E-state index is 0.280. The van der Waals surface area contributed by atoms with Gasteiger partial charge in [0, 0.05) is 36.3 Å². The third-order valence-electron chi connectivity index (χ3n) is 2.97. The maximum atomic E-state index is 9.81. The number of rotatable bonds is 1. The molecule has 4 nitrogen and oxygen atoms in total. The van der Waals surface area contributed by atoms with Crippen molar-refractivity contribution < 1.29 is 5.11 Å². The summed E-state index contributed by atoms with van der Waals surface area (Å²) in [5.41, 5.74) is 4.01. The van der Waals surface area contributed by atoms with E-state index in [1.165, 1.54) is 11.3 Å². The van der Waals surface area contributed by atoms with E-state index < -0.39 is 0 Å². The number of nitrogens with one attached hydrogen (secondary N) is 2.